The largest absolute Gasteiger partial charge is 0.357 e. The maximum Gasteiger partial charge on any atom is 0.274 e. The van der Waals surface area contributed by atoms with Gasteiger partial charge in [0.2, 0.25) is 0 Å². The van der Waals surface area contributed by atoms with E-state index in [2.05, 4.69) is 32.3 Å². The molecule has 0 aliphatic carbocycles. The number of hydrogen-bond donors (Lipinski definition) is 1. The van der Waals surface area contributed by atoms with Crippen molar-refractivity contribution >= 4 is 51.6 Å². The van der Waals surface area contributed by atoms with E-state index in [0.717, 1.165) is 16.7 Å². The van der Waals surface area contributed by atoms with Gasteiger partial charge in [-0.1, -0.05) is 18.2 Å². The van der Waals surface area contributed by atoms with Crippen LogP contribution < -0.4 is 5.32 Å². The third kappa shape index (κ3) is 5.97. The van der Waals surface area contributed by atoms with Crippen LogP contribution in [0, 0.1) is 10.1 Å². The summed E-state index contributed by atoms with van der Waals surface area (Å²) < 4.78 is 3.08. The summed E-state index contributed by atoms with van der Waals surface area (Å²) in [5.74, 6) is 0.706. The van der Waals surface area contributed by atoms with Crippen LogP contribution in [0.15, 0.2) is 46.0 Å². The Morgan fingerprint density at radius 2 is 2.12 bits per heavy atom. The molecule has 1 heterocycles. The fourth-order valence-electron chi connectivity index (χ4n) is 2.49. The lowest BCUT2D eigenvalue weighted by Crippen LogP contribution is -2.38. The van der Waals surface area contributed by atoms with Gasteiger partial charge in [0, 0.05) is 43.1 Å². The Labute approximate surface area is 178 Å². The summed E-state index contributed by atoms with van der Waals surface area (Å²) in [7, 11) is 3.94. The molecule has 142 valence electrons. The molecule has 2 rings (SSSR count). The minimum atomic E-state index is -0.372. The molecule has 0 fully saturated rings. The number of aryl methyl sites for hydroxylation is 1. The molecule has 1 aromatic heterocycles. The number of rotatable bonds is 6. The van der Waals surface area contributed by atoms with Crippen LogP contribution in [0.25, 0.3) is 0 Å². The van der Waals surface area contributed by atoms with E-state index in [9.17, 15) is 10.1 Å². The number of nitrogens with zero attached hydrogens (tertiary/aromatic N) is 4. The zero-order valence-electron chi connectivity index (χ0n) is 15.0. The van der Waals surface area contributed by atoms with Crippen molar-refractivity contribution in [1.29, 1.82) is 0 Å². The van der Waals surface area contributed by atoms with Crippen molar-refractivity contribution in [2.45, 2.75) is 20.0 Å². The van der Waals surface area contributed by atoms with Gasteiger partial charge in [-0.2, -0.15) is 0 Å². The van der Waals surface area contributed by atoms with Gasteiger partial charge >= 0.3 is 0 Å². The summed E-state index contributed by atoms with van der Waals surface area (Å²) in [6.07, 6.45) is 2.00. The molecule has 0 spiro atoms. The molecular weight excluding hydrogens is 513 g/mol. The lowest BCUT2D eigenvalue weighted by molar-refractivity contribution is -0.385. The molecule has 0 saturated carbocycles. The molecule has 0 aliphatic rings. The predicted molar refractivity (Wildman–Crippen MR) is 118 cm³/mol. The topological polar surface area (TPSA) is 75.7 Å². The van der Waals surface area contributed by atoms with E-state index in [-0.39, 0.29) is 41.1 Å². The standard InChI is InChI=1S/C17H22BrN5O2.HI/c1-4-19-17(22(3)12-15-9-14(18)11-21(15)2)20-10-13-7-5-6-8-16(13)23(24)25;/h5-9,11H,4,10,12H2,1-3H3,(H,19,20);1H. The van der Waals surface area contributed by atoms with Crippen LogP contribution in [0.5, 0.6) is 0 Å². The monoisotopic (exact) mass is 535 g/mol. The lowest BCUT2D eigenvalue weighted by Gasteiger charge is -2.22. The molecule has 0 radical (unpaired) electrons. The second-order valence-corrected chi connectivity index (χ2v) is 6.59. The first kappa shape index (κ1) is 22.4. The van der Waals surface area contributed by atoms with E-state index in [1.165, 1.54) is 6.07 Å². The number of aliphatic imine (C=N–C) groups is 1. The van der Waals surface area contributed by atoms with E-state index in [4.69, 9.17) is 0 Å². The Kier molecular flexibility index (Phi) is 9.06. The Morgan fingerprint density at radius 3 is 2.69 bits per heavy atom. The van der Waals surface area contributed by atoms with Crippen molar-refractivity contribution in [1.82, 2.24) is 14.8 Å². The lowest BCUT2D eigenvalue weighted by atomic mass is 10.2. The maximum absolute atomic E-state index is 11.1. The number of nitrogens with one attached hydrogen (secondary N) is 1. The zero-order valence-corrected chi connectivity index (χ0v) is 18.9. The molecular formula is C17H23BrIN5O2. The van der Waals surface area contributed by atoms with Crippen LogP contribution in [-0.4, -0.2) is 33.9 Å². The van der Waals surface area contributed by atoms with Crippen molar-refractivity contribution in [3.63, 3.8) is 0 Å². The molecule has 1 aromatic carbocycles. The fourth-order valence-corrected chi connectivity index (χ4v) is 3.06. The highest BCUT2D eigenvalue weighted by Crippen LogP contribution is 2.19. The van der Waals surface area contributed by atoms with Gasteiger partial charge in [0.05, 0.1) is 23.6 Å². The van der Waals surface area contributed by atoms with Crippen molar-refractivity contribution in [3.05, 3.63) is 62.4 Å². The van der Waals surface area contributed by atoms with Gasteiger partial charge in [0.1, 0.15) is 0 Å². The number of guanidine groups is 1. The Hall–Kier alpha value is -1.62. The second-order valence-electron chi connectivity index (χ2n) is 5.67. The Balaban J connectivity index is 0.00000338. The Morgan fingerprint density at radius 1 is 1.42 bits per heavy atom. The predicted octanol–water partition coefficient (Wildman–Crippen LogP) is 3.91. The first-order valence-corrected chi connectivity index (χ1v) is 8.74. The van der Waals surface area contributed by atoms with Crippen LogP contribution in [0.4, 0.5) is 5.69 Å². The first-order valence-electron chi connectivity index (χ1n) is 7.94. The minimum absolute atomic E-state index is 0. The van der Waals surface area contributed by atoms with Crippen LogP contribution in [0.3, 0.4) is 0 Å². The smallest absolute Gasteiger partial charge is 0.274 e. The molecule has 0 saturated heterocycles. The molecule has 7 nitrogen and oxygen atoms in total. The van der Waals surface area contributed by atoms with E-state index < -0.39 is 0 Å². The molecule has 1 N–H and O–H groups in total. The first-order chi connectivity index (χ1) is 11.9. The van der Waals surface area contributed by atoms with Gasteiger partial charge in [-0.3, -0.25) is 10.1 Å². The summed E-state index contributed by atoms with van der Waals surface area (Å²) >= 11 is 3.47. The molecule has 2 aromatic rings. The van der Waals surface area contributed by atoms with Crippen LogP contribution in [0.2, 0.25) is 0 Å². The van der Waals surface area contributed by atoms with Crippen LogP contribution in [-0.2, 0) is 20.1 Å². The van der Waals surface area contributed by atoms with E-state index in [1.807, 2.05) is 36.7 Å². The SMILES string of the molecule is CCNC(=NCc1ccccc1[N+](=O)[O-])N(C)Cc1cc(Br)cn1C.I. The fraction of sp³-hybridized carbons (Fsp3) is 0.353. The Bertz CT molecular complexity index is 778. The van der Waals surface area contributed by atoms with Crippen molar-refractivity contribution in [2.24, 2.45) is 12.0 Å². The zero-order chi connectivity index (χ0) is 18.4. The number of hydrogen-bond acceptors (Lipinski definition) is 3. The molecule has 0 aliphatic heterocycles. The molecule has 0 amide bonds. The maximum atomic E-state index is 11.1. The molecule has 0 atom stereocenters. The second kappa shape index (κ2) is 10.5. The summed E-state index contributed by atoms with van der Waals surface area (Å²) in [6, 6.07) is 8.75. The number of para-hydroxylation sites is 1. The average Bonchev–Trinajstić information content (AvgIpc) is 2.88. The normalized spacial score (nSPS) is 11.0. The van der Waals surface area contributed by atoms with Gasteiger partial charge in [0.25, 0.3) is 5.69 Å². The highest BCUT2D eigenvalue weighted by Gasteiger charge is 2.13. The van der Waals surface area contributed by atoms with Gasteiger partial charge in [0.15, 0.2) is 5.96 Å². The summed E-state index contributed by atoms with van der Waals surface area (Å²) in [4.78, 5) is 17.3. The van der Waals surface area contributed by atoms with E-state index >= 15 is 0 Å². The van der Waals surface area contributed by atoms with Crippen molar-refractivity contribution < 1.29 is 4.92 Å². The number of nitro groups is 1. The number of benzene rings is 1. The van der Waals surface area contributed by atoms with Crippen LogP contribution in [0.1, 0.15) is 18.2 Å². The van der Waals surface area contributed by atoms with Crippen molar-refractivity contribution in [3.8, 4) is 0 Å². The van der Waals surface area contributed by atoms with Crippen molar-refractivity contribution in [2.75, 3.05) is 13.6 Å². The molecule has 9 heteroatoms. The number of halogens is 2. The van der Waals surface area contributed by atoms with Gasteiger partial charge in [-0.15, -0.1) is 24.0 Å². The number of nitro benzene ring substituents is 1. The molecule has 26 heavy (non-hydrogen) atoms. The molecule has 0 bridgehead atoms. The van der Waals surface area contributed by atoms with Gasteiger partial charge in [-0.25, -0.2) is 4.99 Å². The quantitative estimate of drug-likeness (QED) is 0.200. The third-order valence-corrected chi connectivity index (χ3v) is 4.19. The van der Waals surface area contributed by atoms with Crippen LogP contribution >= 0.6 is 39.9 Å². The summed E-state index contributed by atoms with van der Waals surface area (Å²) in [6.45, 7) is 3.63. The molecule has 0 unspecified atom stereocenters. The third-order valence-electron chi connectivity index (χ3n) is 3.76. The van der Waals surface area contributed by atoms with E-state index in [1.54, 1.807) is 18.2 Å². The average molecular weight is 536 g/mol. The van der Waals surface area contributed by atoms with E-state index in [0.29, 0.717) is 18.1 Å². The highest BCUT2D eigenvalue weighted by molar-refractivity contribution is 14.0. The minimum Gasteiger partial charge on any atom is -0.357 e. The summed E-state index contributed by atoms with van der Waals surface area (Å²) in [5, 5.41) is 14.4. The number of aromatic nitrogens is 1. The summed E-state index contributed by atoms with van der Waals surface area (Å²) in [5.41, 5.74) is 1.82. The van der Waals surface area contributed by atoms with Gasteiger partial charge < -0.3 is 14.8 Å². The van der Waals surface area contributed by atoms with Gasteiger partial charge in [-0.05, 0) is 28.9 Å². The highest BCUT2D eigenvalue weighted by atomic mass is 127.